The fourth-order valence-electron chi connectivity index (χ4n) is 3.03. The molecule has 5 nitrogen and oxygen atoms in total. The van der Waals surface area contributed by atoms with Gasteiger partial charge in [-0.1, -0.05) is 30.3 Å². The van der Waals surface area contributed by atoms with Crippen LogP contribution in [0.1, 0.15) is 5.56 Å². The predicted molar refractivity (Wildman–Crippen MR) is 81.3 cm³/mol. The largest absolute Gasteiger partial charge is 0.445 e. The van der Waals surface area contributed by atoms with Gasteiger partial charge in [0.2, 0.25) is 0 Å². The third-order valence-electron chi connectivity index (χ3n) is 4.37. The summed E-state index contributed by atoms with van der Waals surface area (Å²) in [5, 5.41) is 3.20. The number of benzene rings is 1. The number of ether oxygens (including phenoxy) is 1. The molecule has 2 fully saturated rings. The molecule has 1 atom stereocenters. The molecule has 3 rings (SSSR count). The summed E-state index contributed by atoms with van der Waals surface area (Å²) in [5.74, 6) is 0. The highest BCUT2D eigenvalue weighted by Crippen LogP contribution is 2.20. The van der Waals surface area contributed by atoms with Gasteiger partial charge < -0.3 is 15.0 Å². The average Bonchev–Trinajstić information content (AvgIpc) is 2.53. The zero-order valence-corrected chi connectivity index (χ0v) is 12.6. The first kappa shape index (κ1) is 15.2. The van der Waals surface area contributed by atoms with Gasteiger partial charge in [-0.25, -0.2) is 9.18 Å². The fraction of sp³-hybridized carbons (Fsp3) is 0.562. The van der Waals surface area contributed by atoms with Crippen LogP contribution in [0, 0.1) is 0 Å². The number of hydrogen-bond acceptors (Lipinski definition) is 4. The van der Waals surface area contributed by atoms with Crippen LogP contribution in [-0.2, 0) is 11.3 Å². The Morgan fingerprint density at radius 3 is 2.82 bits per heavy atom. The van der Waals surface area contributed by atoms with Crippen molar-refractivity contribution in [3.05, 3.63) is 35.9 Å². The van der Waals surface area contributed by atoms with E-state index in [1.54, 1.807) is 4.90 Å². The predicted octanol–water partition coefficient (Wildman–Crippen LogP) is 1.25. The van der Waals surface area contributed by atoms with E-state index in [2.05, 4.69) is 10.2 Å². The lowest BCUT2D eigenvalue weighted by Crippen LogP contribution is -2.67. The first-order chi connectivity index (χ1) is 10.8. The van der Waals surface area contributed by atoms with E-state index >= 15 is 0 Å². The first-order valence-electron chi connectivity index (χ1n) is 7.76. The number of alkyl halides is 1. The molecule has 0 bridgehead atoms. The zero-order valence-electron chi connectivity index (χ0n) is 12.6. The normalized spacial score (nSPS) is 23.1. The maximum atomic E-state index is 13.0. The minimum absolute atomic E-state index is 0.0683. The zero-order chi connectivity index (χ0) is 15.4. The molecule has 0 aliphatic carbocycles. The Kier molecular flexibility index (Phi) is 4.90. The minimum atomic E-state index is -0.345. The van der Waals surface area contributed by atoms with E-state index in [-0.39, 0.29) is 24.9 Å². The smallest absolute Gasteiger partial charge is 0.410 e. The number of amides is 1. The summed E-state index contributed by atoms with van der Waals surface area (Å²) in [6.07, 6.45) is -0.285. The molecule has 2 aliphatic heterocycles. The highest BCUT2D eigenvalue weighted by atomic mass is 19.1. The molecule has 0 radical (unpaired) electrons. The molecule has 0 unspecified atom stereocenters. The van der Waals surface area contributed by atoms with E-state index < -0.39 is 0 Å². The van der Waals surface area contributed by atoms with Gasteiger partial charge in [0.25, 0.3) is 0 Å². The van der Waals surface area contributed by atoms with Crippen molar-refractivity contribution < 1.29 is 13.9 Å². The van der Waals surface area contributed by atoms with E-state index in [0.717, 1.165) is 18.7 Å². The van der Waals surface area contributed by atoms with Crippen LogP contribution >= 0.6 is 0 Å². The average molecular weight is 307 g/mol. The van der Waals surface area contributed by atoms with Crippen LogP contribution in [0.3, 0.4) is 0 Å². The van der Waals surface area contributed by atoms with E-state index in [1.807, 2.05) is 30.3 Å². The maximum Gasteiger partial charge on any atom is 0.410 e. The van der Waals surface area contributed by atoms with Crippen LogP contribution in [-0.4, -0.2) is 67.4 Å². The molecule has 6 heteroatoms. The third kappa shape index (κ3) is 3.39. The van der Waals surface area contributed by atoms with Crippen molar-refractivity contribution in [1.29, 1.82) is 0 Å². The Balaban J connectivity index is 1.43. The van der Waals surface area contributed by atoms with Crippen LogP contribution < -0.4 is 5.32 Å². The number of halogens is 1. The summed E-state index contributed by atoms with van der Waals surface area (Å²) in [6.45, 7) is 3.61. The highest BCUT2D eigenvalue weighted by Gasteiger charge is 2.39. The van der Waals surface area contributed by atoms with E-state index in [1.165, 1.54) is 0 Å². The number of rotatable bonds is 4. The van der Waals surface area contributed by atoms with Crippen LogP contribution in [0.4, 0.5) is 9.18 Å². The van der Waals surface area contributed by atoms with Crippen molar-refractivity contribution in [2.24, 2.45) is 0 Å². The molecule has 1 amide bonds. The Labute approximate surface area is 130 Å². The van der Waals surface area contributed by atoms with Gasteiger partial charge in [0.15, 0.2) is 0 Å². The van der Waals surface area contributed by atoms with Crippen molar-refractivity contribution in [2.75, 3.05) is 39.4 Å². The van der Waals surface area contributed by atoms with Crippen LogP contribution in [0.2, 0.25) is 0 Å². The topological polar surface area (TPSA) is 44.8 Å². The molecule has 2 aliphatic rings. The number of piperazine rings is 1. The number of nitrogens with one attached hydrogen (secondary N) is 1. The molecule has 2 saturated heterocycles. The molecular weight excluding hydrogens is 285 g/mol. The molecular formula is C16H22FN3O2. The standard InChI is InChI=1S/C16H22FN3O2/c17-8-14-9-18-6-7-20(14)15-10-19(11-15)16(21)22-12-13-4-2-1-3-5-13/h1-5,14-15,18H,6-12H2/t14-/m0/s1. The molecule has 0 spiro atoms. The van der Waals surface area contributed by atoms with Crippen LogP contribution in [0.25, 0.3) is 0 Å². The monoisotopic (exact) mass is 307 g/mol. The molecule has 0 aromatic heterocycles. The van der Waals surface area contributed by atoms with Gasteiger partial charge in [-0.15, -0.1) is 0 Å². The van der Waals surface area contributed by atoms with Gasteiger partial charge in [0.05, 0.1) is 6.04 Å². The van der Waals surface area contributed by atoms with Crippen molar-refractivity contribution in [3.8, 4) is 0 Å². The minimum Gasteiger partial charge on any atom is -0.445 e. The molecule has 0 saturated carbocycles. The third-order valence-corrected chi connectivity index (χ3v) is 4.37. The highest BCUT2D eigenvalue weighted by molar-refractivity contribution is 5.68. The van der Waals surface area contributed by atoms with Crippen molar-refractivity contribution in [1.82, 2.24) is 15.1 Å². The Morgan fingerprint density at radius 2 is 2.09 bits per heavy atom. The summed E-state index contributed by atoms with van der Waals surface area (Å²) in [5.41, 5.74) is 0.979. The van der Waals surface area contributed by atoms with Gasteiger partial charge >= 0.3 is 6.09 Å². The summed E-state index contributed by atoms with van der Waals surface area (Å²) in [7, 11) is 0. The van der Waals surface area contributed by atoms with E-state index in [4.69, 9.17) is 4.74 Å². The second-order valence-corrected chi connectivity index (χ2v) is 5.85. The summed E-state index contributed by atoms with van der Waals surface area (Å²) in [6, 6.07) is 9.82. The Bertz CT molecular complexity index is 493. The lowest BCUT2D eigenvalue weighted by Gasteiger charge is -2.48. The van der Waals surface area contributed by atoms with Gasteiger partial charge in [0.1, 0.15) is 13.3 Å². The number of likely N-dealkylation sites (tertiary alicyclic amines) is 1. The van der Waals surface area contributed by atoms with E-state index in [9.17, 15) is 9.18 Å². The van der Waals surface area contributed by atoms with Crippen molar-refractivity contribution in [3.63, 3.8) is 0 Å². The second-order valence-electron chi connectivity index (χ2n) is 5.85. The first-order valence-corrected chi connectivity index (χ1v) is 7.76. The quantitative estimate of drug-likeness (QED) is 0.909. The molecule has 1 N–H and O–H groups in total. The lowest BCUT2D eigenvalue weighted by molar-refractivity contribution is -0.0108. The lowest BCUT2D eigenvalue weighted by atomic mass is 10.0. The Hall–Kier alpha value is -1.66. The number of nitrogens with zero attached hydrogens (tertiary/aromatic N) is 2. The molecule has 22 heavy (non-hydrogen) atoms. The van der Waals surface area contributed by atoms with Crippen molar-refractivity contribution in [2.45, 2.75) is 18.7 Å². The Morgan fingerprint density at radius 1 is 1.32 bits per heavy atom. The number of carbonyl (C=O) groups excluding carboxylic acids is 1. The van der Waals surface area contributed by atoms with Gasteiger partial charge in [-0.3, -0.25) is 4.90 Å². The summed E-state index contributed by atoms with van der Waals surface area (Å²) < 4.78 is 18.3. The van der Waals surface area contributed by atoms with Crippen molar-refractivity contribution >= 4 is 6.09 Å². The maximum absolute atomic E-state index is 13.0. The summed E-state index contributed by atoms with van der Waals surface area (Å²) >= 11 is 0. The van der Waals surface area contributed by atoms with Gasteiger partial charge in [-0.05, 0) is 5.56 Å². The number of carbonyl (C=O) groups is 1. The fourth-order valence-corrected chi connectivity index (χ4v) is 3.03. The van der Waals surface area contributed by atoms with Crippen LogP contribution in [0.5, 0.6) is 0 Å². The molecule has 1 aromatic carbocycles. The van der Waals surface area contributed by atoms with Gasteiger partial charge in [0, 0.05) is 38.8 Å². The SMILES string of the molecule is O=C(OCc1ccccc1)N1CC(N2CCNC[C@@H]2CF)C1. The molecule has 120 valence electrons. The summed E-state index contributed by atoms with van der Waals surface area (Å²) in [4.78, 5) is 15.8. The number of hydrogen-bond donors (Lipinski definition) is 1. The van der Waals surface area contributed by atoms with Gasteiger partial charge in [-0.2, -0.15) is 0 Å². The molecule has 2 heterocycles. The van der Waals surface area contributed by atoms with E-state index in [0.29, 0.717) is 26.2 Å². The second kappa shape index (κ2) is 7.07. The van der Waals surface area contributed by atoms with Crippen LogP contribution in [0.15, 0.2) is 30.3 Å². The molecule has 1 aromatic rings.